The number of rotatable bonds is 7. The molecule has 1 saturated heterocycles. The third-order valence-corrected chi connectivity index (χ3v) is 3.79. The molecule has 1 aromatic carbocycles. The molecule has 2 rings (SSSR count). The minimum absolute atomic E-state index is 0.0285. The van der Waals surface area contributed by atoms with Crippen LogP contribution in [0.1, 0.15) is 27.2 Å². The SMILES string of the molecule is CCOc1ccc(OCC)c(NC(=O)C2CC(=O)N(CC)C2)c1. The molecule has 1 heterocycles. The van der Waals surface area contributed by atoms with Crippen LogP contribution in [-0.2, 0) is 9.59 Å². The van der Waals surface area contributed by atoms with Crippen LogP contribution in [0.4, 0.5) is 5.69 Å². The molecule has 23 heavy (non-hydrogen) atoms. The predicted molar refractivity (Wildman–Crippen MR) is 87.8 cm³/mol. The lowest BCUT2D eigenvalue weighted by Crippen LogP contribution is -2.28. The number of nitrogens with one attached hydrogen (secondary N) is 1. The van der Waals surface area contributed by atoms with Crippen LogP contribution in [0.25, 0.3) is 0 Å². The van der Waals surface area contributed by atoms with Crippen LogP contribution >= 0.6 is 0 Å². The number of amides is 2. The summed E-state index contributed by atoms with van der Waals surface area (Å²) in [6.45, 7) is 7.85. The van der Waals surface area contributed by atoms with E-state index in [1.807, 2.05) is 26.8 Å². The van der Waals surface area contributed by atoms with E-state index in [4.69, 9.17) is 9.47 Å². The molecule has 1 aromatic rings. The van der Waals surface area contributed by atoms with Crippen LogP contribution in [0, 0.1) is 5.92 Å². The van der Waals surface area contributed by atoms with E-state index in [0.717, 1.165) is 0 Å². The van der Waals surface area contributed by atoms with Crippen molar-refractivity contribution in [1.82, 2.24) is 4.90 Å². The zero-order valence-electron chi connectivity index (χ0n) is 13.9. The molecular weight excluding hydrogens is 296 g/mol. The highest BCUT2D eigenvalue weighted by Crippen LogP contribution is 2.30. The van der Waals surface area contributed by atoms with Gasteiger partial charge in [0, 0.05) is 25.6 Å². The van der Waals surface area contributed by atoms with Crippen molar-refractivity contribution >= 4 is 17.5 Å². The number of nitrogens with zero attached hydrogens (tertiary/aromatic N) is 1. The first-order chi connectivity index (χ1) is 11.1. The second-order valence-electron chi connectivity index (χ2n) is 5.35. The molecule has 1 atom stereocenters. The standard InChI is InChI=1S/C17H24N2O4/c1-4-19-11-12(9-16(19)20)17(21)18-14-10-13(22-5-2)7-8-15(14)23-6-3/h7-8,10,12H,4-6,9,11H2,1-3H3,(H,18,21). The predicted octanol–water partition coefficient (Wildman–Crippen LogP) is 2.29. The van der Waals surface area contributed by atoms with E-state index in [2.05, 4.69) is 5.32 Å². The minimum atomic E-state index is -0.326. The Hall–Kier alpha value is -2.24. The number of benzene rings is 1. The Morgan fingerprint density at radius 3 is 2.61 bits per heavy atom. The van der Waals surface area contributed by atoms with Crippen molar-refractivity contribution in [2.75, 3.05) is 31.6 Å². The fourth-order valence-electron chi connectivity index (χ4n) is 2.63. The molecule has 6 nitrogen and oxygen atoms in total. The van der Waals surface area contributed by atoms with Crippen molar-refractivity contribution in [2.45, 2.75) is 27.2 Å². The first kappa shape index (κ1) is 17.1. The second-order valence-corrected chi connectivity index (χ2v) is 5.35. The molecule has 1 unspecified atom stereocenters. The number of likely N-dealkylation sites (tertiary alicyclic amines) is 1. The summed E-state index contributed by atoms with van der Waals surface area (Å²) in [7, 11) is 0. The summed E-state index contributed by atoms with van der Waals surface area (Å²) in [5.74, 6) is 0.808. The third-order valence-electron chi connectivity index (χ3n) is 3.79. The van der Waals surface area contributed by atoms with Gasteiger partial charge in [0.2, 0.25) is 11.8 Å². The lowest BCUT2D eigenvalue weighted by molar-refractivity contribution is -0.128. The van der Waals surface area contributed by atoms with Crippen molar-refractivity contribution in [3.8, 4) is 11.5 Å². The fraction of sp³-hybridized carbons (Fsp3) is 0.529. The maximum absolute atomic E-state index is 12.5. The number of hydrogen-bond acceptors (Lipinski definition) is 4. The molecule has 0 aromatic heterocycles. The highest BCUT2D eigenvalue weighted by molar-refractivity contribution is 5.98. The molecule has 0 spiro atoms. The van der Waals surface area contributed by atoms with E-state index in [1.54, 1.807) is 17.0 Å². The fourth-order valence-corrected chi connectivity index (χ4v) is 2.63. The van der Waals surface area contributed by atoms with Gasteiger partial charge in [0.25, 0.3) is 0 Å². The lowest BCUT2D eigenvalue weighted by atomic mass is 10.1. The molecule has 2 amide bonds. The van der Waals surface area contributed by atoms with Gasteiger partial charge in [0.15, 0.2) is 0 Å². The number of ether oxygens (including phenoxy) is 2. The van der Waals surface area contributed by atoms with E-state index < -0.39 is 0 Å². The summed E-state index contributed by atoms with van der Waals surface area (Å²) in [6, 6.07) is 5.34. The summed E-state index contributed by atoms with van der Waals surface area (Å²) in [4.78, 5) is 25.9. The summed E-state index contributed by atoms with van der Waals surface area (Å²) >= 11 is 0. The molecule has 126 valence electrons. The normalized spacial score (nSPS) is 17.3. The molecular formula is C17H24N2O4. The van der Waals surface area contributed by atoms with E-state index in [1.165, 1.54) is 0 Å². The highest BCUT2D eigenvalue weighted by atomic mass is 16.5. The number of carbonyl (C=O) groups is 2. The van der Waals surface area contributed by atoms with Crippen molar-refractivity contribution < 1.29 is 19.1 Å². The Labute approximate surface area is 136 Å². The van der Waals surface area contributed by atoms with E-state index in [0.29, 0.717) is 43.5 Å². The molecule has 1 N–H and O–H groups in total. The topological polar surface area (TPSA) is 67.9 Å². The average molecular weight is 320 g/mol. The second kappa shape index (κ2) is 7.85. The summed E-state index contributed by atoms with van der Waals surface area (Å²) in [6.07, 6.45) is 0.259. The van der Waals surface area contributed by atoms with Crippen molar-refractivity contribution in [2.24, 2.45) is 5.92 Å². The number of carbonyl (C=O) groups excluding carboxylic acids is 2. The van der Waals surface area contributed by atoms with Gasteiger partial charge in [-0.15, -0.1) is 0 Å². The van der Waals surface area contributed by atoms with Crippen molar-refractivity contribution in [1.29, 1.82) is 0 Å². The Kier molecular flexibility index (Phi) is 5.84. The molecule has 0 saturated carbocycles. The van der Waals surface area contributed by atoms with Crippen LogP contribution in [0.2, 0.25) is 0 Å². The van der Waals surface area contributed by atoms with Crippen LogP contribution in [0.3, 0.4) is 0 Å². The zero-order chi connectivity index (χ0) is 16.8. The van der Waals surface area contributed by atoms with Gasteiger partial charge in [0.1, 0.15) is 11.5 Å². The monoisotopic (exact) mass is 320 g/mol. The van der Waals surface area contributed by atoms with Gasteiger partial charge in [0.05, 0.1) is 24.8 Å². The lowest BCUT2D eigenvalue weighted by Gasteiger charge is -2.16. The van der Waals surface area contributed by atoms with Crippen LogP contribution in [0.5, 0.6) is 11.5 Å². The van der Waals surface area contributed by atoms with Crippen molar-refractivity contribution in [3.05, 3.63) is 18.2 Å². The van der Waals surface area contributed by atoms with Gasteiger partial charge in [-0.05, 0) is 32.9 Å². The Morgan fingerprint density at radius 1 is 1.26 bits per heavy atom. The van der Waals surface area contributed by atoms with Gasteiger partial charge in [-0.25, -0.2) is 0 Å². The molecule has 1 aliphatic heterocycles. The van der Waals surface area contributed by atoms with E-state index >= 15 is 0 Å². The van der Waals surface area contributed by atoms with Gasteiger partial charge in [-0.3, -0.25) is 9.59 Å². The molecule has 1 fully saturated rings. The largest absolute Gasteiger partial charge is 0.494 e. The Bertz CT molecular complexity index is 574. The molecule has 0 aliphatic carbocycles. The molecule has 0 radical (unpaired) electrons. The molecule has 0 bridgehead atoms. The maximum Gasteiger partial charge on any atom is 0.229 e. The highest BCUT2D eigenvalue weighted by Gasteiger charge is 2.33. The van der Waals surface area contributed by atoms with E-state index in [9.17, 15) is 9.59 Å². The minimum Gasteiger partial charge on any atom is -0.494 e. The van der Waals surface area contributed by atoms with Crippen LogP contribution in [-0.4, -0.2) is 43.0 Å². The maximum atomic E-state index is 12.5. The van der Waals surface area contributed by atoms with Gasteiger partial charge in [-0.1, -0.05) is 0 Å². The first-order valence-corrected chi connectivity index (χ1v) is 8.07. The molecule has 1 aliphatic rings. The average Bonchev–Trinajstić information content (AvgIpc) is 2.91. The van der Waals surface area contributed by atoms with Gasteiger partial charge < -0.3 is 19.7 Å². The smallest absolute Gasteiger partial charge is 0.229 e. The Balaban J connectivity index is 2.12. The van der Waals surface area contributed by atoms with Gasteiger partial charge in [-0.2, -0.15) is 0 Å². The summed E-state index contributed by atoms with van der Waals surface area (Å²) in [5, 5.41) is 2.88. The zero-order valence-corrected chi connectivity index (χ0v) is 13.9. The number of hydrogen-bond donors (Lipinski definition) is 1. The summed E-state index contributed by atoms with van der Waals surface area (Å²) < 4.78 is 11.0. The van der Waals surface area contributed by atoms with Crippen LogP contribution in [0.15, 0.2) is 18.2 Å². The Morgan fingerprint density at radius 2 is 2.00 bits per heavy atom. The first-order valence-electron chi connectivity index (χ1n) is 8.07. The van der Waals surface area contributed by atoms with Crippen molar-refractivity contribution in [3.63, 3.8) is 0 Å². The summed E-state index contributed by atoms with van der Waals surface area (Å²) in [5.41, 5.74) is 0.574. The molecule has 6 heteroatoms. The quantitative estimate of drug-likeness (QED) is 0.837. The number of anilines is 1. The third kappa shape index (κ3) is 4.15. The van der Waals surface area contributed by atoms with E-state index in [-0.39, 0.29) is 24.2 Å². The van der Waals surface area contributed by atoms with Crippen LogP contribution < -0.4 is 14.8 Å². The van der Waals surface area contributed by atoms with Gasteiger partial charge >= 0.3 is 0 Å².